The highest BCUT2D eigenvalue weighted by Gasteiger charge is 2.29. The summed E-state index contributed by atoms with van der Waals surface area (Å²) < 4.78 is 2.02. The molecule has 0 saturated heterocycles. The molecule has 4 rings (SSSR count). The first kappa shape index (κ1) is 15.8. The Morgan fingerprint density at radius 1 is 1.26 bits per heavy atom. The molecule has 2 aliphatic rings. The quantitative estimate of drug-likeness (QED) is 0.850. The van der Waals surface area contributed by atoms with E-state index in [1.165, 1.54) is 32.1 Å². The molecule has 0 bridgehead atoms. The zero-order valence-corrected chi connectivity index (χ0v) is 14.1. The number of nitrogens with zero attached hydrogens (tertiary/aromatic N) is 3. The highest BCUT2D eigenvalue weighted by molar-refractivity contribution is 5.54. The highest BCUT2D eigenvalue weighted by Crippen LogP contribution is 2.39. The van der Waals surface area contributed by atoms with Gasteiger partial charge in [0, 0.05) is 30.4 Å². The van der Waals surface area contributed by atoms with Crippen molar-refractivity contribution in [3.63, 3.8) is 0 Å². The maximum Gasteiger partial charge on any atom is 0.135 e. The van der Waals surface area contributed by atoms with E-state index in [0.717, 1.165) is 23.1 Å². The molecule has 23 heavy (non-hydrogen) atoms. The largest absolute Gasteiger partial charge is 0.399 e. The lowest BCUT2D eigenvalue weighted by atomic mass is 9.76. The third kappa shape index (κ3) is 4.03. The van der Waals surface area contributed by atoms with Gasteiger partial charge < -0.3 is 15.6 Å². The smallest absolute Gasteiger partial charge is 0.135 e. The van der Waals surface area contributed by atoms with Crippen LogP contribution < -0.4 is 11.1 Å². The van der Waals surface area contributed by atoms with E-state index < -0.39 is 0 Å². The Morgan fingerprint density at radius 2 is 2.04 bits per heavy atom. The number of rotatable bonds is 3. The van der Waals surface area contributed by atoms with Crippen molar-refractivity contribution in [2.45, 2.75) is 51.0 Å². The monoisotopic (exact) mass is 313 g/mol. The first-order valence-electron chi connectivity index (χ1n) is 8.58. The summed E-state index contributed by atoms with van der Waals surface area (Å²) in [6, 6.07) is 8.63. The van der Waals surface area contributed by atoms with E-state index >= 15 is 0 Å². The number of aryl methyl sites for hydroxylation is 1. The molecule has 1 aromatic heterocycles. The predicted molar refractivity (Wildman–Crippen MR) is 94.3 cm³/mol. The van der Waals surface area contributed by atoms with Gasteiger partial charge in [-0.15, -0.1) is 10.2 Å². The van der Waals surface area contributed by atoms with Crippen LogP contribution in [0.5, 0.6) is 0 Å². The Balaban J connectivity index is 0.000000136. The van der Waals surface area contributed by atoms with Crippen molar-refractivity contribution in [1.82, 2.24) is 14.8 Å². The van der Waals surface area contributed by atoms with Gasteiger partial charge in [-0.05, 0) is 56.2 Å². The Labute approximate surface area is 138 Å². The summed E-state index contributed by atoms with van der Waals surface area (Å²) in [7, 11) is 2.01. The summed E-state index contributed by atoms with van der Waals surface area (Å²) in [6.45, 7) is 2.28. The van der Waals surface area contributed by atoms with Crippen LogP contribution in [-0.4, -0.2) is 20.8 Å². The van der Waals surface area contributed by atoms with Crippen molar-refractivity contribution in [2.24, 2.45) is 13.0 Å². The molecule has 0 spiro atoms. The number of nitrogens with one attached hydrogen (secondary N) is 1. The van der Waals surface area contributed by atoms with Gasteiger partial charge in [0.05, 0.1) is 0 Å². The lowest BCUT2D eigenvalue weighted by Gasteiger charge is -2.31. The van der Waals surface area contributed by atoms with E-state index in [1.54, 1.807) is 6.33 Å². The third-order valence-electron chi connectivity index (χ3n) is 4.85. The van der Waals surface area contributed by atoms with Crippen LogP contribution in [-0.2, 0) is 7.05 Å². The molecule has 0 unspecified atom stereocenters. The fraction of sp³-hybridized carbons (Fsp3) is 0.556. The van der Waals surface area contributed by atoms with Gasteiger partial charge in [-0.1, -0.05) is 13.0 Å². The summed E-state index contributed by atoms with van der Waals surface area (Å²) in [5.74, 6) is 2.72. The summed E-state index contributed by atoms with van der Waals surface area (Å²) in [6.07, 6.45) is 8.31. The average Bonchev–Trinajstić information content (AvgIpc) is 2.86. The maximum atomic E-state index is 5.65. The van der Waals surface area contributed by atoms with Crippen LogP contribution in [0.1, 0.15) is 50.8 Å². The number of aromatic nitrogens is 3. The number of benzene rings is 1. The summed E-state index contributed by atoms with van der Waals surface area (Å²) >= 11 is 0. The highest BCUT2D eigenvalue weighted by atomic mass is 15.2. The fourth-order valence-corrected chi connectivity index (χ4v) is 3.19. The van der Waals surface area contributed by atoms with Gasteiger partial charge in [-0.2, -0.15) is 0 Å². The summed E-state index contributed by atoms with van der Waals surface area (Å²) in [5, 5.41) is 11.4. The lowest BCUT2D eigenvalue weighted by Crippen LogP contribution is -2.26. The summed E-state index contributed by atoms with van der Waals surface area (Å²) in [4.78, 5) is 0. The lowest BCUT2D eigenvalue weighted by molar-refractivity contribution is 0.273. The second-order valence-electron chi connectivity index (χ2n) is 6.97. The van der Waals surface area contributed by atoms with Gasteiger partial charge in [-0.25, -0.2) is 0 Å². The van der Waals surface area contributed by atoms with Gasteiger partial charge in [0.2, 0.25) is 0 Å². The number of hydrogen-bond acceptors (Lipinski definition) is 4. The topological polar surface area (TPSA) is 68.8 Å². The van der Waals surface area contributed by atoms with Crippen LogP contribution in [0.25, 0.3) is 0 Å². The van der Waals surface area contributed by atoms with Crippen LogP contribution >= 0.6 is 0 Å². The van der Waals surface area contributed by atoms with Crippen LogP contribution in [0.15, 0.2) is 30.6 Å². The molecule has 0 amide bonds. The van der Waals surface area contributed by atoms with Crippen molar-refractivity contribution in [1.29, 1.82) is 0 Å². The Hall–Kier alpha value is -2.04. The molecule has 2 aromatic rings. The van der Waals surface area contributed by atoms with E-state index in [-0.39, 0.29) is 0 Å². The minimum absolute atomic E-state index is 0.678. The maximum absolute atomic E-state index is 5.65. The van der Waals surface area contributed by atoms with Crippen molar-refractivity contribution in [3.05, 3.63) is 36.4 Å². The molecule has 2 fully saturated rings. The SMILES string of the molecule is CC1CC(c2nncn2C)C1.Nc1cccc(NC2CCC2)c1. The minimum atomic E-state index is 0.678. The van der Waals surface area contributed by atoms with Gasteiger partial charge in [-0.3, -0.25) is 0 Å². The zero-order valence-electron chi connectivity index (χ0n) is 14.1. The molecule has 124 valence electrons. The van der Waals surface area contributed by atoms with Gasteiger partial charge in [0.15, 0.2) is 0 Å². The van der Waals surface area contributed by atoms with Crippen LogP contribution in [0.4, 0.5) is 11.4 Å². The first-order chi connectivity index (χ1) is 11.1. The van der Waals surface area contributed by atoms with E-state index in [2.05, 4.69) is 28.5 Å². The molecular formula is C18H27N5. The predicted octanol–water partition coefficient (Wildman–Crippen LogP) is 3.56. The molecule has 1 aromatic carbocycles. The molecule has 1 heterocycles. The molecule has 2 aliphatic carbocycles. The van der Waals surface area contributed by atoms with Crippen LogP contribution in [0.2, 0.25) is 0 Å². The van der Waals surface area contributed by atoms with Crippen molar-refractivity contribution >= 4 is 11.4 Å². The van der Waals surface area contributed by atoms with E-state index in [1.807, 2.05) is 29.8 Å². The molecule has 5 nitrogen and oxygen atoms in total. The number of nitrogen functional groups attached to an aromatic ring is 1. The molecular weight excluding hydrogens is 286 g/mol. The first-order valence-corrected chi connectivity index (χ1v) is 8.58. The second-order valence-corrected chi connectivity index (χ2v) is 6.97. The average molecular weight is 313 g/mol. The van der Waals surface area contributed by atoms with Crippen molar-refractivity contribution in [2.75, 3.05) is 11.1 Å². The number of hydrogen-bond donors (Lipinski definition) is 2. The van der Waals surface area contributed by atoms with E-state index in [9.17, 15) is 0 Å². The second kappa shape index (κ2) is 7.02. The van der Waals surface area contributed by atoms with Crippen molar-refractivity contribution in [3.8, 4) is 0 Å². The molecule has 3 N–H and O–H groups in total. The fourth-order valence-electron chi connectivity index (χ4n) is 3.19. The van der Waals surface area contributed by atoms with Gasteiger partial charge in [0.1, 0.15) is 12.2 Å². The van der Waals surface area contributed by atoms with Crippen LogP contribution in [0.3, 0.4) is 0 Å². The van der Waals surface area contributed by atoms with Gasteiger partial charge >= 0.3 is 0 Å². The van der Waals surface area contributed by atoms with Gasteiger partial charge in [0.25, 0.3) is 0 Å². The molecule has 0 radical (unpaired) electrons. The standard InChI is InChI=1S/C10H14N2.C8H13N3/c11-8-3-1-6-10(7-8)12-9-4-2-5-9;1-6-3-7(4-6)8-10-9-5-11(8)2/h1,3,6-7,9,12H,2,4-5,11H2;5-7H,3-4H2,1-2H3. The Kier molecular flexibility index (Phi) is 4.84. The summed E-state index contributed by atoms with van der Waals surface area (Å²) in [5.41, 5.74) is 7.64. The van der Waals surface area contributed by atoms with Crippen LogP contribution in [0, 0.1) is 5.92 Å². The number of anilines is 2. The molecule has 0 aliphatic heterocycles. The Bertz CT molecular complexity index is 626. The number of nitrogens with two attached hydrogens (primary N) is 1. The minimum Gasteiger partial charge on any atom is -0.399 e. The van der Waals surface area contributed by atoms with E-state index in [4.69, 9.17) is 5.73 Å². The molecule has 2 saturated carbocycles. The normalized spacial score (nSPS) is 23.2. The van der Waals surface area contributed by atoms with Crippen molar-refractivity contribution < 1.29 is 0 Å². The van der Waals surface area contributed by atoms with E-state index in [0.29, 0.717) is 12.0 Å². The zero-order chi connectivity index (χ0) is 16.2. The third-order valence-corrected chi connectivity index (χ3v) is 4.85. The molecule has 5 heteroatoms. The Morgan fingerprint density at radius 3 is 2.57 bits per heavy atom. The molecule has 0 atom stereocenters.